The maximum atomic E-state index is 12.8. The number of allylic oxidation sites excluding steroid dienone is 14. The van der Waals surface area contributed by atoms with Gasteiger partial charge in [-0.2, -0.15) is 0 Å². The van der Waals surface area contributed by atoms with Crippen molar-refractivity contribution >= 4 is 17.9 Å². The summed E-state index contributed by atoms with van der Waals surface area (Å²) in [7, 11) is 0. The third-order valence-electron chi connectivity index (χ3n) is 11.8. The van der Waals surface area contributed by atoms with Gasteiger partial charge in [0, 0.05) is 19.3 Å². The fourth-order valence-electron chi connectivity index (χ4n) is 7.64. The molecular weight excluding hydrogens is 829 g/mol. The Morgan fingerprint density at radius 3 is 0.970 bits per heavy atom. The van der Waals surface area contributed by atoms with Gasteiger partial charge in [0.15, 0.2) is 6.10 Å². The molecule has 0 saturated heterocycles. The van der Waals surface area contributed by atoms with Gasteiger partial charge in [0.2, 0.25) is 0 Å². The Hall–Kier alpha value is -3.41. The van der Waals surface area contributed by atoms with Crippen molar-refractivity contribution in [3.63, 3.8) is 0 Å². The highest BCUT2D eigenvalue weighted by atomic mass is 16.6. The lowest BCUT2D eigenvalue weighted by Gasteiger charge is -2.18. The number of ether oxygens (including phenoxy) is 3. The number of hydrogen-bond donors (Lipinski definition) is 0. The second-order valence-corrected chi connectivity index (χ2v) is 18.5. The largest absolute Gasteiger partial charge is 0.462 e. The molecule has 0 saturated carbocycles. The molecule has 0 aromatic heterocycles. The smallest absolute Gasteiger partial charge is 0.306 e. The van der Waals surface area contributed by atoms with Crippen molar-refractivity contribution in [2.24, 2.45) is 0 Å². The molecule has 0 spiro atoms. The van der Waals surface area contributed by atoms with E-state index in [1.54, 1.807) is 0 Å². The number of unbranched alkanes of at least 4 members (excludes halogenated alkanes) is 25. The molecule has 0 aromatic carbocycles. The van der Waals surface area contributed by atoms with Gasteiger partial charge in [-0.3, -0.25) is 14.4 Å². The van der Waals surface area contributed by atoms with Gasteiger partial charge in [-0.1, -0.05) is 221 Å². The fourth-order valence-corrected chi connectivity index (χ4v) is 7.64. The predicted octanol–water partition coefficient (Wildman–Crippen LogP) is 18.8. The van der Waals surface area contributed by atoms with Crippen LogP contribution in [0.3, 0.4) is 0 Å². The topological polar surface area (TPSA) is 78.9 Å². The number of carbonyl (C=O) groups excluding carboxylic acids is 3. The second kappa shape index (κ2) is 55.2. The van der Waals surface area contributed by atoms with Crippen LogP contribution in [0.15, 0.2) is 85.1 Å². The van der Waals surface area contributed by atoms with Gasteiger partial charge in [0.05, 0.1) is 0 Å². The summed E-state index contributed by atoms with van der Waals surface area (Å²) in [6, 6.07) is 0. The summed E-state index contributed by atoms with van der Waals surface area (Å²) in [5.41, 5.74) is 0. The number of esters is 3. The summed E-state index contributed by atoms with van der Waals surface area (Å²) in [6.45, 7) is 6.43. The second-order valence-electron chi connectivity index (χ2n) is 18.5. The standard InChI is InChI=1S/C61H104O6/c1-4-7-10-13-16-19-22-25-27-29-30-32-33-36-39-42-45-48-51-54-60(63)66-57-58(56-65-59(62)53-50-47-44-41-38-35-24-21-18-15-12-9-6-3)67-61(64)55-52-49-46-43-40-37-34-31-28-26-23-20-17-14-11-8-5-2/h8,11-12,15-17,19-21,24-28,58H,4-7,9-10,13-14,18,22-23,29-57H2,1-3H3/b11-8-,15-12-,19-16-,20-17-,24-21-,27-25-,28-26-. The lowest BCUT2D eigenvalue weighted by molar-refractivity contribution is -0.167. The van der Waals surface area contributed by atoms with E-state index in [0.29, 0.717) is 19.3 Å². The first-order valence-corrected chi connectivity index (χ1v) is 28.1. The van der Waals surface area contributed by atoms with Crippen molar-refractivity contribution in [3.05, 3.63) is 85.1 Å². The van der Waals surface area contributed by atoms with Crippen LogP contribution in [-0.2, 0) is 28.6 Å². The Balaban J connectivity index is 4.40. The van der Waals surface area contributed by atoms with E-state index in [4.69, 9.17) is 14.2 Å². The number of rotatable bonds is 50. The fraction of sp³-hybridized carbons (Fsp3) is 0.721. The van der Waals surface area contributed by atoms with Crippen molar-refractivity contribution in [1.82, 2.24) is 0 Å². The van der Waals surface area contributed by atoms with E-state index in [0.717, 1.165) is 122 Å². The zero-order valence-corrected chi connectivity index (χ0v) is 43.9. The van der Waals surface area contributed by atoms with Crippen LogP contribution >= 0.6 is 0 Å². The zero-order chi connectivity index (χ0) is 48.6. The van der Waals surface area contributed by atoms with Crippen LogP contribution in [0.5, 0.6) is 0 Å². The molecule has 0 N–H and O–H groups in total. The van der Waals surface area contributed by atoms with Gasteiger partial charge in [0.25, 0.3) is 0 Å². The van der Waals surface area contributed by atoms with E-state index in [1.807, 2.05) is 0 Å². The van der Waals surface area contributed by atoms with Gasteiger partial charge in [-0.25, -0.2) is 0 Å². The van der Waals surface area contributed by atoms with Crippen molar-refractivity contribution in [2.75, 3.05) is 13.2 Å². The van der Waals surface area contributed by atoms with Crippen LogP contribution in [0.2, 0.25) is 0 Å². The molecule has 6 nitrogen and oxygen atoms in total. The Kier molecular flexibility index (Phi) is 52.4. The van der Waals surface area contributed by atoms with Crippen LogP contribution in [0.25, 0.3) is 0 Å². The highest BCUT2D eigenvalue weighted by Gasteiger charge is 2.19. The quantitative estimate of drug-likeness (QED) is 0.0262. The molecule has 0 rings (SSSR count). The van der Waals surface area contributed by atoms with Gasteiger partial charge in [-0.15, -0.1) is 0 Å². The van der Waals surface area contributed by atoms with Crippen LogP contribution < -0.4 is 0 Å². The molecule has 1 unspecified atom stereocenters. The molecule has 0 fully saturated rings. The molecule has 0 amide bonds. The minimum atomic E-state index is -0.790. The molecule has 0 heterocycles. The number of carbonyl (C=O) groups is 3. The first-order chi connectivity index (χ1) is 33.0. The third-order valence-corrected chi connectivity index (χ3v) is 11.8. The molecule has 0 radical (unpaired) electrons. The van der Waals surface area contributed by atoms with Crippen LogP contribution in [0, 0.1) is 0 Å². The maximum Gasteiger partial charge on any atom is 0.306 e. The molecule has 384 valence electrons. The average Bonchev–Trinajstić information content (AvgIpc) is 3.33. The molecule has 6 heteroatoms. The number of hydrogen-bond acceptors (Lipinski definition) is 6. The Labute approximate surface area is 414 Å². The minimum absolute atomic E-state index is 0.0875. The summed E-state index contributed by atoms with van der Waals surface area (Å²) >= 11 is 0. The van der Waals surface area contributed by atoms with Gasteiger partial charge < -0.3 is 14.2 Å². The Bertz CT molecular complexity index is 1300. The van der Waals surface area contributed by atoms with Crippen LogP contribution in [0.1, 0.15) is 265 Å². The monoisotopic (exact) mass is 933 g/mol. The van der Waals surface area contributed by atoms with E-state index >= 15 is 0 Å². The van der Waals surface area contributed by atoms with E-state index in [2.05, 4.69) is 106 Å². The minimum Gasteiger partial charge on any atom is -0.462 e. The molecule has 0 bridgehead atoms. The van der Waals surface area contributed by atoms with Gasteiger partial charge in [-0.05, 0) is 109 Å². The molecule has 67 heavy (non-hydrogen) atoms. The molecule has 0 aliphatic carbocycles. The first kappa shape index (κ1) is 63.6. The van der Waals surface area contributed by atoms with E-state index in [9.17, 15) is 14.4 Å². The summed E-state index contributed by atoms with van der Waals surface area (Å²) in [6.07, 6.45) is 71.4. The van der Waals surface area contributed by atoms with E-state index in [-0.39, 0.29) is 31.1 Å². The normalized spacial score (nSPS) is 12.7. The van der Waals surface area contributed by atoms with Crippen molar-refractivity contribution in [2.45, 2.75) is 271 Å². The van der Waals surface area contributed by atoms with E-state index in [1.165, 1.54) is 103 Å². The van der Waals surface area contributed by atoms with Crippen molar-refractivity contribution < 1.29 is 28.6 Å². The predicted molar refractivity (Wildman–Crippen MR) is 288 cm³/mol. The summed E-state index contributed by atoms with van der Waals surface area (Å²) in [5, 5.41) is 0. The van der Waals surface area contributed by atoms with Crippen LogP contribution in [-0.4, -0.2) is 37.2 Å². The maximum absolute atomic E-state index is 12.8. The van der Waals surface area contributed by atoms with Crippen molar-refractivity contribution in [3.8, 4) is 0 Å². The molecular formula is C61H104O6. The lowest BCUT2D eigenvalue weighted by atomic mass is 10.1. The lowest BCUT2D eigenvalue weighted by Crippen LogP contribution is -2.30. The third kappa shape index (κ3) is 53.4. The Morgan fingerprint density at radius 2 is 0.612 bits per heavy atom. The molecule has 0 aliphatic rings. The average molecular weight is 933 g/mol. The first-order valence-electron chi connectivity index (χ1n) is 28.1. The van der Waals surface area contributed by atoms with Gasteiger partial charge >= 0.3 is 17.9 Å². The summed E-state index contributed by atoms with van der Waals surface area (Å²) in [4.78, 5) is 38.1. The SMILES string of the molecule is CC/C=C\C/C=C\C/C=C\CCCCCCCCCC(=O)OC(COC(=O)CCCCCCC/C=C\C/C=C\CCC)COC(=O)CCCCCCCCCCC/C=C\C/C=C\CCCCC. The Morgan fingerprint density at radius 1 is 0.313 bits per heavy atom. The van der Waals surface area contributed by atoms with Gasteiger partial charge in [0.1, 0.15) is 13.2 Å². The zero-order valence-electron chi connectivity index (χ0n) is 43.9. The van der Waals surface area contributed by atoms with Crippen LogP contribution in [0.4, 0.5) is 0 Å². The molecule has 0 aliphatic heterocycles. The molecule has 1 atom stereocenters. The summed E-state index contributed by atoms with van der Waals surface area (Å²) < 4.78 is 16.8. The van der Waals surface area contributed by atoms with E-state index < -0.39 is 6.10 Å². The molecule has 0 aromatic rings. The highest BCUT2D eigenvalue weighted by Crippen LogP contribution is 2.15. The highest BCUT2D eigenvalue weighted by molar-refractivity contribution is 5.71. The summed E-state index contributed by atoms with van der Waals surface area (Å²) in [5.74, 6) is -0.912. The van der Waals surface area contributed by atoms with Crippen molar-refractivity contribution in [1.29, 1.82) is 0 Å².